The molecular formula is C19H28N4O3S2. The Hall–Kier alpha value is -1.71. The molecule has 1 aliphatic rings. The average molecular weight is 425 g/mol. The van der Waals surface area contributed by atoms with E-state index in [0.717, 1.165) is 18.1 Å². The molecule has 0 spiro atoms. The Morgan fingerprint density at radius 1 is 1.32 bits per heavy atom. The van der Waals surface area contributed by atoms with Gasteiger partial charge in [0, 0.05) is 20.0 Å². The predicted molar refractivity (Wildman–Crippen MR) is 112 cm³/mol. The molecule has 1 aromatic carbocycles. The van der Waals surface area contributed by atoms with Crippen molar-refractivity contribution >= 4 is 22.1 Å². The highest BCUT2D eigenvalue weighted by Crippen LogP contribution is 2.22. The van der Waals surface area contributed by atoms with E-state index in [1.54, 1.807) is 0 Å². The van der Waals surface area contributed by atoms with E-state index in [0.29, 0.717) is 30.9 Å². The van der Waals surface area contributed by atoms with Gasteiger partial charge in [-0.2, -0.15) is 5.10 Å². The van der Waals surface area contributed by atoms with Crippen molar-refractivity contribution in [3.8, 4) is 5.75 Å². The molecule has 0 radical (unpaired) electrons. The lowest BCUT2D eigenvalue weighted by Crippen LogP contribution is -2.22. The van der Waals surface area contributed by atoms with Crippen LogP contribution in [-0.2, 0) is 36.5 Å². The summed E-state index contributed by atoms with van der Waals surface area (Å²) in [4.78, 5) is 2.14. The molecule has 0 amide bonds. The first-order valence-electron chi connectivity index (χ1n) is 9.51. The molecular weight excluding hydrogens is 396 g/mol. The first kappa shape index (κ1) is 21.0. The van der Waals surface area contributed by atoms with Gasteiger partial charge in [-0.25, -0.2) is 13.1 Å². The van der Waals surface area contributed by atoms with Crippen LogP contribution in [0.2, 0.25) is 0 Å². The third kappa shape index (κ3) is 5.21. The van der Waals surface area contributed by atoms with Gasteiger partial charge in [-0.1, -0.05) is 12.1 Å². The van der Waals surface area contributed by atoms with Crippen molar-refractivity contribution in [3.63, 3.8) is 0 Å². The maximum absolute atomic E-state index is 11.7. The van der Waals surface area contributed by atoms with Crippen LogP contribution in [-0.4, -0.2) is 52.8 Å². The maximum Gasteiger partial charge on any atom is 0.198 e. The monoisotopic (exact) mass is 424 g/mol. The summed E-state index contributed by atoms with van der Waals surface area (Å²) in [6.45, 7) is 3.97. The van der Waals surface area contributed by atoms with E-state index in [1.807, 2.05) is 42.4 Å². The number of aromatic nitrogens is 3. The number of nitrogens with zero attached hydrogens (tertiary/aromatic N) is 4. The van der Waals surface area contributed by atoms with Crippen molar-refractivity contribution in [2.24, 2.45) is 13.0 Å². The van der Waals surface area contributed by atoms with Crippen LogP contribution >= 0.6 is 12.2 Å². The first-order chi connectivity index (χ1) is 13.3. The Morgan fingerprint density at radius 2 is 2.04 bits per heavy atom. The Morgan fingerprint density at radius 3 is 2.64 bits per heavy atom. The smallest absolute Gasteiger partial charge is 0.198 e. The fourth-order valence-corrected chi connectivity index (χ4v) is 5.61. The second-order valence-corrected chi connectivity index (χ2v) is 10.1. The Balaban J connectivity index is 1.63. The lowest BCUT2D eigenvalue weighted by atomic mass is 10.1. The summed E-state index contributed by atoms with van der Waals surface area (Å²) in [5, 5.41) is 4.66. The van der Waals surface area contributed by atoms with Crippen LogP contribution in [0.25, 0.3) is 0 Å². The number of sulfone groups is 1. The van der Waals surface area contributed by atoms with E-state index >= 15 is 0 Å². The molecule has 0 N–H and O–H groups in total. The van der Waals surface area contributed by atoms with E-state index < -0.39 is 9.84 Å². The van der Waals surface area contributed by atoms with Crippen LogP contribution in [0.1, 0.15) is 24.7 Å². The summed E-state index contributed by atoms with van der Waals surface area (Å²) in [7, 11) is 1.04. The normalized spacial score (nSPS) is 18.6. The predicted octanol–water partition coefficient (Wildman–Crippen LogP) is 2.42. The Labute approximate surface area is 171 Å². The van der Waals surface area contributed by atoms with E-state index in [4.69, 9.17) is 17.0 Å². The van der Waals surface area contributed by atoms with Gasteiger partial charge >= 0.3 is 0 Å². The molecule has 1 aliphatic heterocycles. The molecule has 154 valence electrons. The Kier molecular flexibility index (Phi) is 6.57. The van der Waals surface area contributed by atoms with Gasteiger partial charge < -0.3 is 9.30 Å². The second-order valence-electron chi connectivity index (χ2n) is 7.46. The quantitative estimate of drug-likeness (QED) is 0.606. The van der Waals surface area contributed by atoms with Crippen LogP contribution in [0.15, 0.2) is 24.3 Å². The highest BCUT2D eigenvalue weighted by atomic mass is 32.2. The number of rotatable bonds is 8. The van der Waals surface area contributed by atoms with Crippen LogP contribution in [0.4, 0.5) is 0 Å². The van der Waals surface area contributed by atoms with Gasteiger partial charge in [0.1, 0.15) is 11.6 Å². The summed E-state index contributed by atoms with van der Waals surface area (Å²) >= 11 is 5.53. The lowest BCUT2D eigenvalue weighted by molar-refractivity contribution is 0.243. The Bertz CT molecular complexity index is 964. The van der Waals surface area contributed by atoms with E-state index in [-0.39, 0.29) is 17.4 Å². The summed E-state index contributed by atoms with van der Waals surface area (Å²) in [5.74, 6) is 2.40. The molecule has 28 heavy (non-hydrogen) atoms. The van der Waals surface area contributed by atoms with Gasteiger partial charge in [-0.3, -0.25) is 4.90 Å². The molecule has 3 rings (SSSR count). The molecule has 1 saturated heterocycles. The van der Waals surface area contributed by atoms with Crippen molar-refractivity contribution in [1.29, 1.82) is 0 Å². The summed E-state index contributed by atoms with van der Waals surface area (Å²) in [6.07, 6.45) is 1.36. The van der Waals surface area contributed by atoms with Crippen LogP contribution in [0.5, 0.6) is 5.75 Å². The number of benzene rings is 1. The van der Waals surface area contributed by atoms with Crippen molar-refractivity contribution < 1.29 is 13.2 Å². The van der Waals surface area contributed by atoms with E-state index in [1.165, 1.54) is 5.56 Å². The number of ether oxygens (including phenoxy) is 1. The van der Waals surface area contributed by atoms with Gasteiger partial charge in [0.25, 0.3) is 0 Å². The average Bonchev–Trinajstić information content (AvgIpc) is 3.11. The molecule has 1 aromatic heterocycles. The molecule has 0 aliphatic carbocycles. The fourth-order valence-electron chi connectivity index (χ4n) is 3.54. The first-order valence-corrected chi connectivity index (χ1v) is 11.7. The highest BCUT2D eigenvalue weighted by molar-refractivity contribution is 7.91. The van der Waals surface area contributed by atoms with E-state index in [9.17, 15) is 8.42 Å². The van der Waals surface area contributed by atoms with Gasteiger partial charge in [0.05, 0.1) is 24.8 Å². The van der Waals surface area contributed by atoms with Crippen LogP contribution in [0.3, 0.4) is 0 Å². The summed E-state index contributed by atoms with van der Waals surface area (Å²) in [5.41, 5.74) is 1.18. The lowest BCUT2D eigenvalue weighted by Gasteiger charge is -2.16. The minimum atomic E-state index is -2.88. The fraction of sp³-hybridized carbons (Fsp3) is 0.579. The van der Waals surface area contributed by atoms with Gasteiger partial charge in [-0.05, 0) is 56.2 Å². The molecule has 0 saturated carbocycles. The summed E-state index contributed by atoms with van der Waals surface area (Å²) in [6, 6.07) is 8.08. The molecule has 9 heteroatoms. The molecule has 2 heterocycles. The van der Waals surface area contributed by atoms with Gasteiger partial charge in [0.15, 0.2) is 14.6 Å². The largest absolute Gasteiger partial charge is 0.494 e. The molecule has 7 nitrogen and oxygen atoms in total. The van der Waals surface area contributed by atoms with Crippen molar-refractivity contribution in [3.05, 3.63) is 40.4 Å². The number of hydrogen-bond acceptors (Lipinski definition) is 6. The minimum absolute atomic E-state index is 0.135. The second kappa shape index (κ2) is 8.75. The standard InChI is InChI=1S/C19H28N4O3S2/c1-4-26-17-7-5-15(6-8-17)12-21(2)14-23-19(27)22(3)18(20-23)11-16-9-10-28(24,25)13-16/h5-8,16H,4,9-14H2,1-3H3. The maximum atomic E-state index is 11.7. The zero-order valence-corrected chi connectivity index (χ0v) is 18.3. The molecule has 1 atom stereocenters. The van der Waals surface area contributed by atoms with Crippen LogP contribution in [0, 0.1) is 10.7 Å². The SMILES string of the molecule is CCOc1ccc(CN(C)Cn2nc(CC3CCS(=O)(=O)C3)n(C)c2=S)cc1. The van der Waals surface area contributed by atoms with E-state index in [2.05, 4.69) is 22.1 Å². The third-order valence-electron chi connectivity index (χ3n) is 4.99. The zero-order valence-electron chi connectivity index (χ0n) is 16.7. The third-order valence-corrected chi connectivity index (χ3v) is 7.31. The minimum Gasteiger partial charge on any atom is -0.494 e. The van der Waals surface area contributed by atoms with Crippen LogP contribution < -0.4 is 4.74 Å². The van der Waals surface area contributed by atoms with Crippen molar-refractivity contribution in [2.75, 3.05) is 25.2 Å². The molecule has 0 bridgehead atoms. The highest BCUT2D eigenvalue weighted by Gasteiger charge is 2.29. The van der Waals surface area contributed by atoms with Gasteiger partial charge in [0.2, 0.25) is 0 Å². The van der Waals surface area contributed by atoms with Crippen molar-refractivity contribution in [2.45, 2.75) is 33.0 Å². The zero-order chi connectivity index (χ0) is 20.3. The molecule has 1 fully saturated rings. The molecule has 2 aromatic rings. The van der Waals surface area contributed by atoms with Gasteiger partial charge in [-0.15, -0.1) is 0 Å². The van der Waals surface area contributed by atoms with Crippen molar-refractivity contribution in [1.82, 2.24) is 19.2 Å². The molecule has 1 unspecified atom stereocenters. The summed E-state index contributed by atoms with van der Waals surface area (Å²) < 4.78 is 33.2. The topological polar surface area (TPSA) is 69.4 Å². The number of hydrogen-bond donors (Lipinski definition) is 0.